The molecule has 0 radical (unpaired) electrons. The lowest BCUT2D eigenvalue weighted by Gasteiger charge is -2.20. The van der Waals surface area contributed by atoms with Gasteiger partial charge in [0.25, 0.3) is 0 Å². The molecule has 0 saturated carbocycles. The van der Waals surface area contributed by atoms with Crippen LogP contribution in [0.3, 0.4) is 0 Å². The Labute approximate surface area is 99.5 Å². The number of nitrogens with one attached hydrogen (secondary N) is 1. The minimum atomic E-state index is 1.02. The second-order valence-corrected chi connectivity index (χ2v) is 4.31. The Balaban J connectivity index is 0.000000160. The van der Waals surface area contributed by atoms with Crippen LogP contribution in [0.5, 0.6) is 0 Å². The fourth-order valence-electron chi connectivity index (χ4n) is 1.91. The van der Waals surface area contributed by atoms with E-state index in [1.165, 1.54) is 37.9 Å². The van der Waals surface area contributed by atoms with Gasteiger partial charge in [-0.05, 0) is 56.0 Å². The molecule has 0 aromatic carbocycles. The maximum atomic E-state index is 3.89. The average Bonchev–Trinajstić information content (AvgIpc) is 2.41. The molecule has 0 atom stereocenters. The number of pyridine rings is 1. The van der Waals surface area contributed by atoms with E-state index in [9.17, 15) is 0 Å². The third-order valence-electron chi connectivity index (χ3n) is 3.19. The van der Waals surface area contributed by atoms with E-state index in [-0.39, 0.29) is 0 Å². The summed E-state index contributed by atoms with van der Waals surface area (Å²) in [5.74, 6) is 1.02. The van der Waals surface area contributed by atoms with E-state index in [2.05, 4.69) is 24.1 Å². The highest BCUT2D eigenvalue weighted by Gasteiger charge is 2.08. The first-order valence-corrected chi connectivity index (χ1v) is 6.46. The molecule has 1 aromatic rings. The van der Waals surface area contributed by atoms with Crippen LogP contribution in [0, 0.1) is 5.92 Å². The molecule has 1 aromatic heterocycles. The number of rotatable bonds is 2. The standard InChI is InChI=1S/C7H15N.C7H9N/c2*1-2-7-3-5-8-6-4-7/h7-8H,2-6H2,1H3;3-6H,2H2,1H3. The highest BCUT2D eigenvalue weighted by Crippen LogP contribution is 2.13. The lowest BCUT2D eigenvalue weighted by molar-refractivity contribution is 0.365. The molecule has 0 spiro atoms. The Morgan fingerprint density at radius 1 is 1.19 bits per heavy atom. The molecule has 1 fully saturated rings. The molecule has 0 bridgehead atoms. The molecule has 2 heteroatoms. The van der Waals surface area contributed by atoms with Gasteiger partial charge < -0.3 is 5.32 Å². The first-order chi connectivity index (χ1) is 7.86. The van der Waals surface area contributed by atoms with E-state index < -0.39 is 0 Å². The van der Waals surface area contributed by atoms with Crippen molar-refractivity contribution in [3.05, 3.63) is 30.1 Å². The summed E-state index contributed by atoms with van der Waals surface area (Å²) >= 11 is 0. The van der Waals surface area contributed by atoms with Gasteiger partial charge >= 0.3 is 0 Å². The number of piperidine rings is 1. The van der Waals surface area contributed by atoms with Gasteiger partial charge in [-0.1, -0.05) is 20.3 Å². The Hall–Kier alpha value is -0.890. The van der Waals surface area contributed by atoms with Gasteiger partial charge in [0, 0.05) is 12.4 Å². The van der Waals surface area contributed by atoms with Gasteiger partial charge in [-0.2, -0.15) is 0 Å². The predicted molar refractivity (Wildman–Crippen MR) is 69.5 cm³/mol. The number of hydrogen-bond acceptors (Lipinski definition) is 2. The van der Waals surface area contributed by atoms with Crippen molar-refractivity contribution < 1.29 is 0 Å². The van der Waals surface area contributed by atoms with Crippen molar-refractivity contribution in [2.45, 2.75) is 39.5 Å². The Morgan fingerprint density at radius 3 is 2.19 bits per heavy atom. The smallest absolute Gasteiger partial charge is 0.0270 e. The van der Waals surface area contributed by atoms with E-state index in [0.29, 0.717) is 0 Å². The zero-order valence-electron chi connectivity index (χ0n) is 10.6. The fraction of sp³-hybridized carbons (Fsp3) is 0.643. The van der Waals surface area contributed by atoms with Crippen molar-refractivity contribution >= 4 is 0 Å². The van der Waals surface area contributed by atoms with Crippen molar-refractivity contribution in [3.63, 3.8) is 0 Å². The van der Waals surface area contributed by atoms with Crippen LogP contribution in [-0.2, 0) is 6.42 Å². The third-order valence-corrected chi connectivity index (χ3v) is 3.19. The van der Waals surface area contributed by atoms with Crippen molar-refractivity contribution in [2.24, 2.45) is 5.92 Å². The van der Waals surface area contributed by atoms with Crippen LogP contribution in [-0.4, -0.2) is 18.1 Å². The van der Waals surface area contributed by atoms with Crippen molar-refractivity contribution in [2.75, 3.05) is 13.1 Å². The van der Waals surface area contributed by atoms with Crippen LogP contribution in [0.1, 0.15) is 38.7 Å². The van der Waals surface area contributed by atoms with Gasteiger partial charge in [0.15, 0.2) is 0 Å². The number of aromatic nitrogens is 1. The second kappa shape index (κ2) is 8.28. The molecule has 16 heavy (non-hydrogen) atoms. The van der Waals surface area contributed by atoms with Crippen molar-refractivity contribution in [3.8, 4) is 0 Å². The highest BCUT2D eigenvalue weighted by molar-refractivity contribution is 5.08. The SMILES string of the molecule is CCC1CCNCC1.CCc1ccncc1. The zero-order chi connectivity index (χ0) is 11.6. The van der Waals surface area contributed by atoms with Crippen molar-refractivity contribution in [1.29, 1.82) is 0 Å². The van der Waals surface area contributed by atoms with Crippen LogP contribution in [0.4, 0.5) is 0 Å². The molecular weight excluding hydrogens is 196 g/mol. The molecule has 0 amide bonds. The zero-order valence-corrected chi connectivity index (χ0v) is 10.6. The van der Waals surface area contributed by atoms with Crippen LogP contribution in [0.15, 0.2) is 24.5 Å². The van der Waals surface area contributed by atoms with E-state index in [0.717, 1.165) is 12.3 Å². The fourth-order valence-corrected chi connectivity index (χ4v) is 1.91. The summed E-state index contributed by atoms with van der Waals surface area (Å²) in [6.07, 6.45) is 8.91. The number of hydrogen-bond donors (Lipinski definition) is 1. The maximum Gasteiger partial charge on any atom is 0.0270 e. The summed E-state index contributed by atoms with van der Waals surface area (Å²) in [4.78, 5) is 3.89. The molecule has 2 rings (SSSR count). The van der Waals surface area contributed by atoms with Gasteiger partial charge in [-0.15, -0.1) is 0 Å². The maximum absolute atomic E-state index is 3.89. The Bertz CT molecular complexity index is 253. The minimum Gasteiger partial charge on any atom is -0.317 e. The summed E-state index contributed by atoms with van der Waals surface area (Å²) in [6, 6.07) is 4.06. The van der Waals surface area contributed by atoms with Crippen LogP contribution < -0.4 is 5.32 Å². The van der Waals surface area contributed by atoms with Crippen LogP contribution in [0.2, 0.25) is 0 Å². The van der Waals surface area contributed by atoms with Gasteiger partial charge in [0.05, 0.1) is 0 Å². The molecule has 2 heterocycles. The predicted octanol–water partition coefficient (Wildman–Crippen LogP) is 3.04. The first kappa shape index (κ1) is 13.2. The second-order valence-electron chi connectivity index (χ2n) is 4.31. The summed E-state index contributed by atoms with van der Waals surface area (Å²) in [7, 11) is 0. The van der Waals surface area contributed by atoms with Crippen LogP contribution >= 0.6 is 0 Å². The highest BCUT2D eigenvalue weighted by atomic mass is 14.9. The quantitative estimate of drug-likeness (QED) is 0.828. The molecule has 90 valence electrons. The molecule has 0 unspecified atom stereocenters. The largest absolute Gasteiger partial charge is 0.317 e. The van der Waals surface area contributed by atoms with E-state index in [1.807, 2.05) is 24.5 Å². The average molecular weight is 220 g/mol. The molecule has 1 aliphatic rings. The van der Waals surface area contributed by atoms with E-state index >= 15 is 0 Å². The molecule has 2 nitrogen and oxygen atoms in total. The molecule has 1 saturated heterocycles. The molecule has 1 aliphatic heterocycles. The summed E-state index contributed by atoms with van der Waals surface area (Å²) in [5.41, 5.74) is 1.35. The number of aryl methyl sites for hydroxylation is 1. The first-order valence-electron chi connectivity index (χ1n) is 6.46. The molecule has 0 aliphatic carbocycles. The topological polar surface area (TPSA) is 24.9 Å². The van der Waals surface area contributed by atoms with E-state index in [4.69, 9.17) is 0 Å². The van der Waals surface area contributed by atoms with Gasteiger partial charge in [-0.3, -0.25) is 4.98 Å². The van der Waals surface area contributed by atoms with Crippen molar-refractivity contribution in [1.82, 2.24) is 10.3 Å². The van der Waals surface area contributed by atoms with E-state index in [1.54, 1.807) is 0 Å². The Morgan fingerprint density at radius 2 is 1.81 bits per heavy atom. The minimum absolute atomic E-state index is 1.02. The third kappa shape index (κ3) is 5.26. The van der Waals surface area contributed by atoms with Gasteiger partial charge in [0.2, 0.25) is 0 Å². The molecular formula is C14H24N2. The molecule has 1 N–H and O–H groups in total. The lowest BCUT2D eigenvalue weighted by atomic mass is 9.96. The van der Waals surface area contributed by atoms with Gasteiger partial charge in [0.1, 0.15) is 0 Å². The normalized spacial score (nSPS) is 16.4. The Kier molecular flexibility index (Phi) is 6.82. The summed E-state index contributed by atoms with van der Waals surface area (Å²) < 4.78 is 0. The lowest BCUT2D eigenvalue weighted by Crippen LogP contribution is -2.27. The van der Waals surface area contributed by atoms with Crippen LogP contribution in [0.25, 0.3) is 0 Å². The summed E-state index contributed by atoms with van der Waals surface area (Å²) in [6.45, 7) is 6.92. The number of nitrogens with zero attached hydrogens (tertiary/aromatic N) is 1. The monoisotopic (exact) mass is 220 g/mol. The van der Waals surface area contributed by atoms with Gasteiger partial charge in [-0.25, -0.2) is 0 Å². The summed E-state index contributed by atoms with van der Waals surface area (Å²) in [5, 5.41) is 3.35.